The Morgan fingerprint density at radius 1 is 1.19 bits per heavy atom. The van der Waals surface area contributed by atoms with Crippen molar-refractivity contribution in [3.05, 3.63) is 43.0 Å². The third kappa shape index (κ3) is 3.55. The highest BCUT2D eigenvalue weighted by atomic mass is 32.1. The van der Waals surface area contributed by atoms with E-state index in [1.54, 1.807) is 19.1 Å². The van der Waals surface area contributed by atoms with Gasteiger partial charge in [-0.3, -0.25) is 14.8 Å². The second kappa shape index (κ2) is 7.29. The van der Waals surface area contributed by atoms with Gasteiger partial charge in [-0.15, -0.1) is 0 Å². The van der Waals surface area contributed by atoms with E-state index in [1.165, 1.54) is 4.57 Å². The third-order valence-electron chi connectivity index (χ3n) is 4.31. The molecule has 11 heteroatoms. The maximum absolute atomic E-state index is 12.2. The Morgan fingerprint density at radius 2 is 1.89 bits per heavy atom. The third-order valence-corrected chi connectivity index (χ3v) is 4.75. The molecule has 0 saturated heterocycles. The van der Waals surface area contributed by atoms with Gasteiger partial charge in [0.05, 0.1) is 24.5 Å². The Labute approximate surface area is 156 Å². The van der Waals surface area contributed by atoms with Crippen LogP contribution in [0.4, 0.5) is 0 Å². The molecule has 3 atom stereocenters. The first-order chi connectivity index (χ1) is 12.7. The van der Waals surface area contributed by atoms with Crippen molar-refractivity contribution in [3.8, 4) is 11.4 Å². The van der Waals surface area contributed by atoms with Crippen LogP contribution in [0, 0.1) is 11.4 Å². The number of aryl methyl sites for hydroxylation is 1. The lowest BCUT2D eigenvalue weighted by Gasteiger charge is -2.25. The number of benzene rings is 1. The Kier molecular flexibility index (Phi) is 5.22. The Hall–Kier alpha value is -2.44. The van der Waals surface area contributed by atoms with Crippen LogP contribution in [-0.2, 0) is 6.54 Å². The highest BCUT2D eigenvalue weighted by Crippen LogP contribution is 2.25. The number of hydrogen-bond acceptors (Lipinski definition) is 8. The summed E-state index contributed by atoms with van der Waals surface area (Å²) in [6, 6.07) is 3.27. The first-order valence-corrected chi connectivity index (χ1v) is 8.46. The highest BCUT2D eigenvalue weighted by Gasteiger charge is 2.26. The number of rotatable bonds is 5. The zero-order valence-electron chi connectivity index (χ0n) is 14.2. The smallest absolute Gasteiger partial charge is 0.327 e. The van der Waals surface area contributed by atoms with Gasteiger partial charge in [-0.1, -0.05) is 12.2 Å². The van der Waals surface area contributed by atoms with Crippen molar-refractivity contribution >= 4 is 23.4 Å². The molecule has 1 aliphatic carbocycles. The lowest BCUT2D eigenvalue weighted by molar-refractivity contribution is -0.0802. The van der Waals surface area contributed by atoms with Crippen LogP contribution < -0.4 is 11.2 Å². The summed E-state index contributed by atoms with van der Waals surface area (Å²) in [6.45, 7) is 0.739. The van der Waals surface area contributed by atoms with Crippen LogP contribution in [0.25, 0.3) is 22.6 Å². The molecule has 0 aromatic carbocycles. The number of hydrogen-bond donors (Lipinski definition) is 6. The van der Waals surface area contributed by atoms with E-state index in [4.69, 9.17) is 17.3 Å². The molecule has 1 aromatic heterocycles. The fourth-order valence-corrected chi connectivity index (χ4v) is 3.00. The molecule has 0 spiro atoms. The van der Waals surface area contributed by atoms with Crippen molar-refractivity contribution in [1.82, 2.24) is 19.5 Å². The molecule has 0 unspecified atom stereocenters. The second-order valence-corrected chi connectivity index (χ2v) is 6.68. The van der Waals surface area contributed by atoms with Crippen molar-refractivity contribution in [2.45, 2.75) is 31.8 Å². The molecular formula is C16H18N4O6S. The number of aromatic nitrogens is 4. The van der Waals surface area contributed by atoms with Gasteiger partial charge in [-0.2, -0.15) is 0 Å². The Bertz CT molecular complexity index is 1140. The normalized spacial score (nSPS) is 15.1. The summed E-state index contributed by atoms with van der Waals surface area (Å²) in [4.78, 5) is 32.7. The first-order valence-electron chi connectivity index (χ1n) is 8.05. The summed E-state index contributed by atoms with van der Waals surface area (Å²) in [5.41, 5.74) is 0.0587. The number of nitrogens with zero attached hydrogens (tertiary/aromatic N) is 2. The number of aromatic amines is 2. The predicted molar refractivity (Wildman–Crippen MR) is 98.3 cm³/mol. The number of fused-ring (bicyclic) bond motifs is 2. The molecule has 3 rings (SSSR count). The van der Waals surface area contributed by atoms with Crippen molar-refractivity contribution in [3.63, 3.8) is 0 Å². The van der Waals surface area contributed by atoms with Gasteiger partial charge in [0, 0.05) is 4.51 Å². The Balaban J connectivity index is 2.30. The summed E-state index contributed by atoms with van der Waals surface area (Å²) in [5.74, 6) is 0. The molecule has 10 nitrogen and oxygen atoms in total. The Morgan fingerprint density at radius 3 is 2.56 bits per heavy atom. The van der Waals surface area contributed by atoms with Gasteiger partial charge in [0.25, 0.3) is 5.56 Å². The molecule has 27 heavy (non-hydrogen) atoms. The summed E-state index contributed by atoms with van der Waals surface area (Å²) in [5, 5.41) is 38.8. The van der Waals surface area contributed by atoms with Gasteiger partial charge in [0.1, 0.15) is 24.0 Å². The minimum Gasteiger partial charge on any atom is -0.394 e. The number of aliphatic hydroxyl groups is 4. The van der Waals surface area contributed by atoms with Crippen molar-refractivity contribution in [2.75, 3.05) is 6.61 Å². The summed E-state index contributed by atoms with van der Waals surface area (Å²) in [7, 11) is 0. The molecular weight excluding hydrogens is 376 g/mol. The van der Waals surface area contributed by atoms with E-state index in [0.717, 1.165) is 5.56 Å². The lowest BCUT2D eigenvalue weighted by atomic mass is 10.1. The molecule has 0 saturated carbocycles. The highest BCUT2D eigenvalue weighted by molar-refractivity contribution is 7.71. The fraction of sp³-hybridized carbons (Fsp3) is 0.375. The first kappa shape index (κ1) is 19.3. The van der Waals surface area contributed by atoms with E-state index < -0.39 is 36.2 Å². The topological polar surface area (TPSA) is 164 Å². The molecule has 144 valence electrons. The monoisotopic (exact) mass is 394 g/mol. The van der Waals surface area contributed by atoms with Crippen LogP contribution in [0.3, 0.4) is 0 Å². The van der Waals surface area contributed by atoms with Crippen LogP contribution in [0.2, 0.25) is 0 Å². The summed E-state index contributed by atoms with van der Waals surface area (Å²) >= 11 is 5.27. The molecule has 1 aromatic rings. The zero-order chi connectivity index (χ0) is 19.9. The van der Waals surface area contributed by atoms with Crippen molar-refractivity contribution in [1.29, 1.82) is 0 Å². The molecule has 1 aliphatic heterocycles. The average Bonchev–Trinajstić information content (AvgIpc) is 2.62. The van der Waals surface area contributed by atoms with Gasteiger partial charge in [-0.25, -0.2) is 9.78 Å². The van der Waals surface area contributed by atoms with E-state index >= 15 is 0 Å². The fourth-order valence-electron chi connectivity index (χ4n) is 2.82. The quantitative estimate of drug-likeness (QED) is 0.228. The van der Waals surface area contributed by atoms with Crippen molar-refractivity contribution in [2.24, 2.45) is 0 Å². The van der Waals surface area contributed by atoms with Gasteiger partial charge in [0.2, 0.25) is 0 Å². The maximum atomic E-state index is 12.2. The summed E-state index contributed by atoms with van der Waals surface area (Å²) < 4.78 is 1.90. The van der Waals surface area contributed by atoms with E-state index in [-0.39, 0.29) is 17.7 Å². The average molecular weight is 394 g/mol. The van der Waals surface area contributed by atoms with Crippen LogP contribution in [-0.4, -0.2) is 64.9 Å². The van der Waals surface area contributed by atoms with Crippen LogP contribution >= 0.6 is 12.2 Å². The molecule has 0 bridgehead atoms. The van der Waals surface area contributed by atoms with Gasteiger partial charge in [-0.05, 0) is 24.6 Å². The molecule has 0 radical (unpaired) electrons. The van der Waals surface area contributed by atoms with E-state index in [0.29, 0.717) is 15.9 Å². The maximum Gasteiger partial charge on any atom is 0.327 e. The minimum absolute atomic E-state index is 0.0271. The molecule has 2 aliphatic rings. The largest absolute Gasteiger partial charge is 0.394 e. The zero-order valence-corrected chi connectivity index (χ0v) is 15.0. The standard InChI is InChI=1S/C16H18N4O6S/c1-6-2-7-8(3-11(6)27)20(4-9(22)13(24)10(23)5-21)14-12(17-7)15(25)19-16(26)18-14/h2-3,9-10,13,21-24H,4-5H2,1H3,(H2,18,19,25,26)/t9-,10+,13-/m1/s1. The molecule has 2 heterocycles. The van der Waals surface area contributed by atoms with E-state index in [2.05, 4.69) is 15.0 Å². The SMILES string of the molecule is Cc1cc2nc3c(=O)[nH]c(=O)[nH]c3n(C[C@@H](O)[C@@H](O)[C@@H](O)CO)c-2cc1=S. The number of nitrogens with one attached hydrogen (secondary N) is 2. The van der Waals surface area contributed by atoms with Gasteiger partial charge in [0.15, 0.2) is 5.52 Å². The minimum atomic E-state index is -1.65. The molecule has 0 amide bonds. The van der Waals surface area contributed by atoms with E-state index in [1.807, 2.05) is 0 Å². The second-order valence-electron chi connectivity index (χ2n) is 6.24. The van der Waals surface area contributed by atoms with E-state index in [9.17, 15) is 24.9 Å². The molecule has 0 fully saturated rings. The van der Waals surface area contributed by atoms with Crippen LogP contribution in [0.1, 0.15) is 5.56 Å². The van der Waals surface area contributed by atoms with Gasteiger partial charge >= 0.3 is 5.69 Å². The number of H-pyrrole nitrogens is 2. The van der Waals surface area contributed by atoms with Crippen molar-refractivity contribution < 1.29 is 20.4 Å². The van der Waals surface area contributed by atoms with Crippen LogP contribution in [0.15, 0.2) is 21.7 Å². The molecule has 6 N–H and O–H groups in total. The number of aliphatic hydroxyl groups excluding tert-OH is 4. The summed E-state index contributed by atoms with van der Waals surface area (Å²) in [6.07, 6.45) is -4.72. The lowest BCUT2D eigenvalue weighted by Crippen LogP contribution is -2.42. The predicted octanol–water partition coefficient (Wildman–Crippen LogP) is -1.37. The van der Waals surface area contributed by atoms with Gasteiger partial charge < -0.3 is 25.0 Å². The van der Waals surface area contributed by atoms with Crippen LogP contribution in [0.5, 0.6) is 0 Å².